The SMILES string of the molecule is COc1ccc2c(c1)=NC(S(=O)Cc1ncc(C)c(OC)c1C)(S(=O)(=O)c1ccc(CCC(=O)OCCS(=O)(=O)c3ccc(C)cc3)cc1)N=2. The van der Waals surface area contributed by atoms with E-state index in [1.54, 1.807) is 49.5 Å². The van der Waals surface area contributed by atoms with E-state index in [1.807, 2.05) is 13.8 Å². The van der Waals surface area contributed by atoms with E-state index >= 15 is 0 Å². The van der Waals surface area contributed by atoms with Gasteiger partial charge in [-0.3, -0.25) is 14.0 Å². The first-order valence-corrected chi connectivity index (χ1v) is 20.0. The van der Waals surface area contributed by atoms with Gasteiger partial charge in [-0.05, 0) is 69.2 Å². The van der Waals surface area contributed by atoms with Gasteiger partial charge in [0.25, 0.3) is 0 Å². The lowest BCUT2D eigenvalue weighted by Gasteiger charge is -2.23. The van der Waals surface area contributed by atoms with Crippen molar-refractivity contribution < 1.29 is 40.0 Å². The third-order valence-electron chi connectivity index (χ3n) is 8.22. The third kappa shape index (κ3) is 7.49. The van der Waals surface area contributed by atoms with Crippen LogP contribution in [0.1, 0.15) is 34.4 Å². The van der Waals surface area contributed by atoms with Gasteiger partial charge in [0, 0.05) is 29.8 Å². The lowest BCUT2D eigenvalue weighted by Crippen LogP contribution is -2.40. The highest BCUT2D eigenvalue weighted by Gasteiger charge is 2.52. The van der Waals surface area contributed by atoms with Gasteiger partial charge < -0.3 is 14.2 Å². The van der Waals surface area contributed by atoms with Crippen LogP contribution in [0.4, 0.5) is 0 Å². The maximum atomic E-state index is 14.4. The van der Waals surface area contributed by atoms with E-state index in [4.69, 9.17) is 14.2 Å². The number of methoxy groups -OCH3 is 2. The fourth-order valence-electron chi connectivity index (χ4n) is 5.36. The van der Waals surface area contributed by atoms with E-state index in [0.717, 1.165) is 11.1 Å². The second-order valence-electron chi connectivity index (χ2n) is 11.7. The van der Waals surface area contributed by atoms with E-state index < -0.39 is 40.8 Å². The van der Waals surface area contributed by atoms with Crippen molar-refractivity contribution in [2.75, 3.05) is 26.6 Å². The van der Waals surface area contributed by atoms with Crippen LogP contribution in [0.5, 0.6) is 11.5 Å². The molecule has 2 atom stereocenters. The van der Waals surface area contributed by atoms with Crippen LogP contribution in [0, 0.1) is 20.8 Å². The second kappa shape index (κ2) is 14.8. The molecule has 2 unspecified atom stereocenters. The summed E-state index contributed by atoms with van der Waals surface area (Å²) in [5.74, 6) is -0.227. The molecule has 1 aliphatic rings. The molecule has 0 amide bonds. The minimum Gasteiger partial charge on any atom is -0.497 e. The summed E-state index contributed by atoms with van der Waals surface area (Å²) in [7, 11) is -7.41. The molecule has 264 valence electrons. The first-order chi connectivity index (χ1) is 23.7. The number of aromatic nitrogens is 1. The lowest BCUT2D eigenvalue weighted by molar-refractivity contribution is -0.142. The van der Waals surface area contributed by atoms with Crippen LogP contribution >= 0.6 is 0 Å². The van der Waals surface area contributed by atoms with Gasteiger partial charge in [-0.1, -0.05) is 29.8 Å². The monoisotopic (exact) mass is 739 g/mol. The first kappa shape index (κ1) is 36.8. The molecule has 50 heavy (non-hydrogen) atoms. The van der Waals surface area contributed by atoms with Crippen LogP contribution in [0.15, 0.2) is 92.7 Å². The first-order valence-electron chi connectivity index (χ1n) is 15.5. The maximum absolute atomic E-state index is 14.4. The molecule has 0 aliphatic carbocycles. The summed E-state index contributed by atoms with van der Waals surface area (Å²) in [6, 6.07) is 16.9. The topological polar surface area (TPSA) is 168 Å². The molecule has 2 heterocycles. The molecule has 12 nitrogen and oxygen atoms in total. The second-order valence-corrected chi connectivity index (χ2v) is 17.6. The average Bonchev–Trinajstić information content (AvgIpc) is 3.50. The van der Waals surface area contributed by atoms with Gasteiger partial charge in [-0.15, -0.1) is 0 Å². The van der Waals surface area contributed by atoms with Crippen LogP contribution < -0.4 is 20.2 Å². The molecular formula is C35H37N3O9S3. The minimum atomic E-state index is -4.52. The van der Waals surface area contributed by atoms with Crippen LogP contribution in [-0.2, 0) is 52.2 Å². The predicted molar refractivity (Wildman–Crippen MR) is 186 cm³/mol. The van der Waals surface area contributed by atoms with Crippen molar-refractivity contribution in [1.29, 1.82) is 0 Å². The van der Waals surface area contributed by atoms with Gasteiger partial charge in [0.05, 0.1) is 62.7 Å². The standard InChI is InChI=1S/C35H37N3O9S3/c1-23-6-12-28(13-7-23)49(41,42)19-18-47-33(39)17-10-26-8-14-29(15-9-26)50(43,44)35(37-30-16-11-27(45-4)20-31(30)38-35)48(40)22-32-25(3)34(46-5)24(2)21-36-32/h6-9,11-16,20-21H,10,17-19,22H2,1-5H3. The number of aryl methyl sites for hydroxylation is 3. The van der Waals surface area contributed by atoms with Crippen molar-refractivity contribution in [2.45, 2.75) is 53.5 Å². The van der Waals surface area contributed by atoms with E-state index in [9.17, 15) is 25.8 Å². The summed E-state index contributed by atoms with van der Waals surface area (Å²) >= 11 is 0. The number of carbonyl (C=O) groups is 1. The van der Waals surface area contributed by atoms with Gasteiger partial charge in [-0.25, -0.2) is 26.8 Å². The van der Waals surface area contributed by atoms with Crippen LogP contribution in [-0.4, -0.2) is 62.9 Å². The largest absolute Gasteiger partial charge is 0.497 e. The highest BCUT2D eigenvalue weighted by atomic mass is 32.3. The Kier molecular flexibility index (Phi) is 10.9. The molecule has 0 bridgehead atoms. The van der Waals surface area contributed by atoms with Crippen molar-refractivity contribution in [3.05, 3.63) is 112 Å². The third-order valence-corrected chi connectivity index (χ3v) is 14.2. The van der Waals surface area contributed by atoms with Gasteiger partial charge in [0.2, 0.25) is 9.84 Å². The van der Waals surface area contributed by atoms with Gasteiger partial charge in [0.15, 0.2) is 9.84 Å². The molecule has 0 radical (unpaired) electrons. The summed E-state index contributed by atoms with van der Waals surface area (Å²) in [5.41, 5.74) is 3.34. The number of rotatable bonds is 14. The van der Waals surface area contributed by atoms with Gasteiger partial charge in [-0.2, -0.15) is 0 Å². The number of fused-ring (bicyclic) bond motifs is 1. The number of esters is 1. The molecule has 1 aliphatic heterocycles. The van der Waals surface area contributed by atoms with Crippen LogP contribution in [0.25, 0.3) is 0 Å². The normalized spacial score (nSPS) is 16.1. The zero-order valence-corrected chi connectivity index (χ0v) is 30.7. The van der Waals surface area contributed by atoms with Gasteiger partial charge in [0.1, 0.15) is 18.1 Å². The fourth-order valence-corrected chi connectivity index (χ4v) is 10.3. The zero-order valence-electron chi connectivity index (χ0n) is 28.2. The Morgan fingerprint density at radius 2 is 1.50 bits per heavy atom. The van der Waals surface area contributed by atoms with E-state index in [-0.39, 0.29) is 51.5 Å². The lowest BCUT2D eigenvalue weighted by atomic mass is 10.1. The highest BCUT2D eigenvalue weighted by Crippen LogP contribution is 2.36. The maximum Gasteiger partial charge on any atom is 0.335 e. The molecule has 0 saturated heterocycles. The highest BCUT2D eigenvalue weighted by molar-refractivity contribution is 8.07. The molecule has 3 aromatic carbocycles. The molecule has 1 aromatic heterocycles. The minimum absolute atomic E-state index is 0.0567. The number of hydrogen-bond acceptors (Lipinski definition) is 12. The molecule has 0 fully saturated rings. The Bertz CT molecular complexity index is 2290. The summed E-state index contributed by atoms with van der Waals surface area (Å²) in [6.07, 6.45) is 1.73. The predicted octanol–water partition coefficient (Wildman–Crippen LogP) is 3.26. The summed E-state index contributed by atoms with van der Waals surface area (Å²) < 4.78 is 81.6. The smallest absolute Gasteiger partial charge is 0.335 e. The number of hydrogen-bond donors (Lipinski definition) is 0. The molecule has 0 saturated carbocycles. The van der Waals surface area contributed by atoms with E-state index in [2.05, 4.69) is 15.0 Å². The van der Waals surface area contributed by atoms with Crippen molar-refractivity contribution in [2.24, 2.45) is 9.98 Å². The van der Waals surface area contributed by atoms with E-state index in [0.29, 0.717) is 28.3 Å². The van der Waals surface area contributed by atoms with Crippen LogP contribution in [0.2, 0.25) is 0 Å². The number of ether oxygens (including phenoxy) is 3. The number of sulfone groups is 2. The molecule has 0 spiro atoms. The van der Waals surface area contributed by atoms with E-state index in [1.165, 1.54) is 44.6 Å². The summed E-state index contributed by atoms with van der Waals surface area (Å²) in [5, 5.41) is 0.463. The molecule has 0 N–H and O–H groups in total. The Morgan fingerprint density at radius 3 is 2.16 bits per heavy atom. The Hall–Kier alpha value is -4.47. The average molecular weight is 740 g/mol. The number of carbonyl (C=O) groups excluding carboxylic acids is 1. The molecular weight excluding hydrogens is 703 g/mol. The van der Waals surface area contributed by atoms with Crippen molar-refractivity contribution in [1.82, 2.24) is 4.98 Å². The van der Waals surface area contributed by atoms with Crippen molar-refractivity contribution in [3.63, 3.8) is 0 Å². The summed E-state index contributed by atoms with van der Waals surface area (Å²) in [6.45, 7) is 5.14. The summed E-state index contributed by atoms with van der Waals surface area (Å²) in [4.78, 5) is 25.7. The zero-order chi connectivity index (χ0) is 36.3. The van der Waals surface area contributed by atoms with Crippen LogP contribution in [0.3, 0.4) is 0 Å². The number of nitrogens with zero attached hydrogens (tertiary/aromatic N) is 3. The molecule has 4 aromatic rings. The Morgan fingerprint density at radius 1 is 0.840 bits per heavy atom. The van der Waals surface area contributed by atoms with Crippen molar-refractivity contribution in [3.8, 4) is 11.5 Å². The van der Waals surface area contributed by atoms with Crippen molar-refractivity contribution >= 4 is 36.4 Å². The van der Waals surface area contributed by atoms with Gasteiger partial charge >= 0.3 is 10.3 Å². The Balaban J connectivity index is 1.33. The Labute approximate surface area is 293 Å². The number of pyridine rings is 1. The molecule has 15 heteroatoms. The number of benzene rings is 3. The quantitative estimate of drug-likeness (QED) is 0.175. The molecule has 5 rings (SSSR count). The fraction of sp³-hybridized carbons (Fsp3) is 0.314.